The third-order valence-corrected chi connectivity index (χ3v) is 5.17. The van der Waals surface area contributed by atoms with Crippen molar-refractivity contribution in [1.29, 1.82) is 0 Å². The summed E-state index contributed by atoms with van der Waals surface area (Å²) in [6, 6.07) is 4.52. The predicted molar refractivity (Wildman–Crippen MR) is 75.3 cm³/mol. The summed E-state index contributed by atoms with van der Waals surface area (Å²) in [5.74, 6) is 0. The van der Waals surface area contributed by atoms with E-state index in [9.17, 15) is 8.42 Å². The first kappa shape index (κ1) is 13.7. The molecular weight excluding hydrogens is 292 g/mol. The number of halogens is 1. The first-order chi connectivity index (χ1) is 8.40. The molecule has 3 N–H and O–H groups in total. The van der Waals surface area contributed by atoms with E-state index in [-0.39, 0.29) is 20.9 Å². The zero-order valence-electron chi connectivity index (χ0n) is 9.52. The summed E-state index contributed by atoms with van der Waals surface area (Å²) in [6.45, 7) is 0. The number of rotatable bonds is 4. The third-order valence-electron chi connectivity index (χ3n) is 2.93. The maximum Gasteiger partial charge on any atom is 0.242 e. The molecule has 0 bridgehead atoms. The highest BCUT2D eigenvalue weighted by Crippen LogP contribution is 2.26. The van der Waals surface area contributed by atoms with Crippen LogP contribution in [0.4, 0.5) is 0 Å². The van der Waals surface area contributed by atoms with Crippen molar-refractivity contribution in [2.75, 3.05) is 0 Å². The molecule has 1 aliphatic rings. The van der Waals surface area contributed by atoms with Crippen molar-refractivity contribution < 1.29 is 8.42 Å². The highest BCUT2D eigenvalue weighted by Gasteiger charge is 2.26. The molecule has 1 aromatic rings. The van der Waals surface area contributed by atoms with Crippen molar-refractivity contribution in [3.63, 3.8) is 0 Å². The van der Waals surface area contributed by atoms with Gasteiger partial charge in [-0.25, -0.2) is 13.1 Å². The number of nitrogens with two attached hydrogens (primary N) is 1. The van der Waals surface area contributed by atoms with Gasteiger partial charge >= 0.3 is 0 Å². The molecule has 0 aromatic heterocycles. The minimum atomic E-state index is -3.60. The number of sulfonamides is 1. The Bertz CT molecular complexity index is 583. The maximum atomic E-state index is 12.2. The van der Waals surface area contributed by atoms with Crippen LogP contribution in [0, 0.1) is 0 Å². The minimum absolute atomic E-state index is 0.0135. The van der Waals surface area contributed by atoms with E-state index in [1.54, 1.807) is 6.07 Å². The van der Waals surface area contributed by atoms with E-state index in [4.69, 9.17) is 29.6 Å². The van der Waals surface area contributed by atoms with Gasteiger partial charge in [0.2, 0.25) is 10.0 Å². The normalized spacial score (nSPS) is 16.3. The fourth-order valence-electron chi connectivity index (χ4n) is 1.67. The monoisotopic (exact) mass is 304 g/mol. The van der Waals surface area contributed by atoms with E-state index in [1.165, 1.54) is 12.1 Å². The summed E-state index contributed by atoms with van der Waals surface area (Å²) in [4.78, 5) is 0.174. The summed E-state index contributed by atoms with van der Waals surface area (Å²) < 4.78 is 26.9. The molecule has 98 valence electrons. The van der Waals surface area contributed by atoms with Gasteiger partial charge in [-0.05, 0) is 25.0 Å². The van der Waals surface area contributed by atoms with Gasteiger partial charge < -0.3 is 5.73 Å². The van der Waals surface area contributed by atoms with Crippen molar-refractivity contribution in [2.45, 2.75) is 30.2 Å². The average molecular weight is 305 g/mol. The third kappa shape index (κ3) is 2.83. The van der Waals surface area contributed by atoms with Crippen LogP contribution >= 0.6 is 23.8 Å². The van der Waals surface area contributed by atoms with Crippen LogP contribution in [0.25, 0.3) is 0 Å². The van der Waals surface area contributed by atoms with Crippen LogP contribution in [0.5, 0.6) is 0 Å². The van der Waals surface area contributed by atoms with Crippen LogP contribution in [-0.4, -0.2) is 19.4 Å². The van der Waals surface area contributed by atoms with Crippen LogP contribution in [-0.2, 0) is 10.0 Å². The molecule has 0 amide bonds. The van der Waals surface area contributed by atoms with E-state index in [0.29, 0.717) is 5.56 Å². The lowest BCUT2D eigenvalue weighted by Gasteiger charge is -2.26. The highest BCUT2D eigenvalue weighted by molar-refractivity contribution is 7.89. The molecule has 0 atom stereocenters. The van der Waals surface area contributed by atoms with Crippen LogP contribution < -0.4 is 10.5 Å². The molecule has 1 aromatic carbocycles. The lowest BCUT2D eigenvalue weighted by Crippen LogP contribution is -2.39. The first-order valence-corrected chi connectivity index (χ1v) is 7.79. The topological polar surface area (TPSA) is 72.2 Å². The first-order valence-electron chi connectivity index (χ1n) is 5.52. The number of nitrogens with one attached hydrogen (secondary N) is 1. The van der Waals surface area contributed by atoms with Gasteiger partial charge in [-0.2, -0.15) is 0 Å². The smallest absolute Gasteiger partial charge is 0.242 e. The van der Waals surface area contributed by atoms with Gasteiger partial charge in [0, 0.05) is 11.6 Å². The SMILES string of the molecule is NC(=S)c1ccc(Cl)c(S(=O)(=O)NC2CCC2)c1. The second-order valence-corrected chi connectivity index (χ2v) is 6.79. The van der Waals surface area contributed by atoms with Crippen molar-refractivity contribution in [3.8, 4) is 0 Å². The van der Waals surface area contributed by atoms with Gasteiger partial charge in [-0.3, -0.25) is 0 Å². The molecule has 18 heavy (non-hydrogen) atoms. The lowest BCUT2D eigenvalue weighted by atomic mass is 9.94. The number of hydrogen-bond acceptors (Lipinski definition) is 3. The van der Waals surface area contributed by atoms with Crippen molar-refractivity contribution >= 4 is 38.8 Å². The Kier molecular flexibility index (Phi) is 3.91. The van der Waals surface area contributed by atoms with Crippen LogP contribution in [0.3, 0.4) is 0 Å². The predicted octanol–water partition coefficient (Wildman–Crippen LogP) is 1.81. The fraction of sp³-hybridized carbons (Fsp3) is 0.364. The Hall–Kier alpha value is -0.690. The highest BCUT2D eigenvalue weighted by atomic mass is 35.5. The average Bonchev–Trinajstić information content (AvgIpc) is 2.24. The Morgan fingerprint density at radius 3 is 2.61 bits per heavy atom. The van der Waals surface area contributed by atoms with Gasteiger partial charge in [-0.15, -0.1) is 0 Å². The molecule has 0 heterocycles. The number of hydrogen-bond donors (Lipinski definition) is 2. The summed E-state index contributed by atoms with van der Waals surface area (Å²) in [6.07, 6.45) is 2.78. The molecule has 1 saturated carbocycles. The summed E-state index contributed by atoms with van der Waals surface area (Å²) in [5.41, 5.74) is 5.98. The molecule has 0 saturated heterocycles. The van der Waals surface area contributed by atoms with Gasteiger partial charge in [-0.1, -0.05) is 36.3 Å². The Balaban J connectivity index is 2.35. The fourth-order valence-corrected chi connectivity index (χ4v) is 3.63. The van der Waals surface area contributed by atoms with Gasteiger partial charge in [0.15, 0.2) is 0 Å². The van der Waals surface area contributed by atoms with Crippen molar-refractivity contribution in [1.82, 2.24) is 4.72 Å². The van der Waals surface area contributed by atoms with E-state index >= 15 is 0 Å². The molecular formula is C11H13ClN2O2S2. The van der Waals surface area contributed by atoms with Gasteiger partial charge in [0.25, 0.3) is 0 Å². The van der Waals surface area contributed by atoms with Crippen LogP contribution in [0.1, 0.15) is 24.8 Å². The number of thiocarbonyl (C=S) groups is 1. The zero-order valence-corrected chi connectivity index (χ0v) is 11.9. The standard InChI is InChI=1S/C11H13ClN2O2S2/c12-9-5-4-7(11(13)17)6-10(9)18(15,16)14-8-2-1-3-8/h4-6,8,14H,1-3H2,(H2,13,17). The Morgan fingerprint density at radius 2 is 2.11 bits per heavy atom. The molecule has 4 nitrogen and oxygen atoms in total. The molecule has 0 unspecified atom stereocenters. The molecule has 1 aliphatic carbocycles. The van der Waals surface area contributed by atoms with E-state index in [1.807, 2.05) is 0 Å². The van der Waals surface area contributed by atoms with Crippen molar-refractivity contribution in [2.24, 2.45) is 5.73 Å². The maximum absolute atomic E-state index is 12.2. The lowest BCUT2D eigenvalue weighted by molar-refractivity contribution is 0.383. The molecule has 0 spiro atoms. The van der Waals surface area contributed by atoms with Gasteiger partial charge in [0.1, 0.15) is 9.88 Å². The van der Waals surface area contributed by atoms with Crippen molar-refractivity contribution in [3.05, 3.63) is 28.8 Å². The van der Waals surface area contributed by atoms with E-state index in [2.05, 4.69) is 4.72 Å². The molecule has 7 heteroatoms. The molecule has 2 rings (SSSR count). The number of benzene rings is 1. The minimum Gasteiger partial charge on any atom is -0.389 e. The summed E-state index contributed by atoms with van der Waals surface area (Å²) >= 11 is 10.8. The van der Waals surface area contributed by atoms with Gasteiger partial charge in [0.05, 0.1) is 5.02 Å². The Labute approximate surface area is 117 Å². The Morgan fingerprint density at radius 1 is 1.44 bits per heavy atom. The quantitative estimate of drug-likeness (QED) is 0.832. The second-order valence-electron chi connectivity index (χ2n) is 4.26. The molecule has 1 fully saturated rings. The largest absolute Gasteiger partial charge is 0.389 e. The zero-order chi connectivity index (χ0) is 13.3. The summed E-state index contributed by atoms with van der Waals surface area (Å²) in [5, 5.41) is 0.168. The molecule has 0 aliphatic heterocycles. The van der Waals surface area contributed by atoms with E-state index < -0.39 is 10.0 Å². The second kappa shape index (κ2) is 5.13. The van der Waals surface area contributed by atoms with Crippen LogP contribution in [0.2, 0.25) is 5.02 Å². The molecule has 0 radical (unpaired) electrons. The van der Waals surface area contributed by atoms with E-state index in [0.717, 1.165) is 19.3 Å². The summed E-state index contributed by atoms with van der Waals surface area (Å²) in [7, 11) is -3.60. The van der Waals surface area contributed by atoms with Crippen LogP contribution in [0.15, 0.2) is 23.1 Å².